The van der Waals surface area contributed by atoms with Gasteiger partial charge in [-0.05, 0) is 100 Å². The van der Waals surface area contributed by atoms with Gasteiger partial charge in [0, 0.05) is 40.0 Å². The third-order valence-electron chi connectivity index (χ3n) is 8.71. The first-order valence-electron chi connectivity index (χ1n) is 15.3. The first-order valence-corrected chi connectivity index (χ1v) is 15.3. The summed E-state index contributed by atoms with van der Waals surface area (Å²) in [4.78, 5) is 28.7. The fourth-order valence-corrected chi connectivity index (χ4v) is 6.36. The number of carbonyl (C=O) groups is 2. The SMILES string of the molecule is Cc1c(-c2cccc(C(=O)C(F)(F)F)c2)cc(-c2ccc3c(c2)c2cnccc2n3-c2ccccc2)cc1-c1cccc(C(=O)C(F)(F)F)c1. The summed E-state index contributed by atoms with van der Waals surface area (Å²) in [6.07, 6.45) is -6.71. The van der Waals surface area contributed by atoms with Gasteiger partial charge in [0.2, 0.25) is 0 Å². The fourth-order valence-electron chi connectivity index (χ4n) is 6.36. The second-order valence-corrected chi connectivity index (χ2v) is 11.8. The van der Waals surface area contributed by atoms with Gasteiger partial charge < -0.3 is 4.57 Å². The molecule has 2 aromatic heterocycles. The fraction of sp³-hybridized carbons (Fsp3) is 0.0750. The predicted molar refractivity (Wildman–Crippen MR) is 180 cm³/mol. The third kappa shape index (κ3) is 5.83. The summed E-state index contributed by atoms with van der Waals surface area (Å²) >= 11 is 0. The molecule has 2 heterocycles. The Balaban J connectivity index is 1.47. The largest absolute Gasteiger partial charge is 0.454 e. The number of pyridine rings is 1. The highest BCUT2D eigenvalue weighted by Gasteiger charge is 2.40. The van der Waals surface area contributed by atoms with E-state index in [2.05, 4.69) is 9.55 Å². The van der Waals surface area contributed by atoms with Gasteiger partial charge in [0.15, 0.2) is 0 Å². The highest BCUT2D eigenvalue weighted by molar-refractivity contribution is 6.10. The van der Waals surface area contributed by atoms with Crippen molar-refractivity contribution in [3.8, 4) is 39.1 Å². The van der Waals surface area contributed by atoms with Gasteiger partial charge in [-0.3, -0.25) is 14.6 Å². The monoisotopic (exact) mass is 678 g/mol. The summed E-state index contributed by atoms with van der Waals surface area (Å²) in [6, 6.07) is 31.3. The minimum absolute atomic E-state index is 0.300. The van der Waals surface area contributed by atoms with Gasteiger partial charge in [-0.15, -0.1) is 0 Å². The van der Waals surface area contributed by atoms with Crippen molar-refractivity contribution in [2.24, 2.45) is 0 Å². The molecule has 0 unspecified atom stereocenters. The number of aromatic nitrogens is 2. The third-order valence-corrected chi connectivity index (χ3v) is 8.71. The van der Waals surface area contributed by atoms with Crippen molar-refractivity contribution in [3.63, 3.8) is 0 Å². The molecule has 0 atom stereocenters. The van der Waals surface area contributed by atoms with Crippen LogP contribution < -0.4 is 0 Å². The predicted octanol–water partition coefficient (Wildman–Crippen LogP) is 11.0. The molecule has 0 aliphatic rings. The Kier molecular flexibility index (Phi) is 7.89. The quantitative estimate of drug-likeness (QED) is 0.130. The van der Waals surface area contributed by atoms with E-state index >= 15 is 0 Å². The van der Waals surface area contributed by atoms with Crippen LogP contribution in [0.5, 0.6) is 0 Å². The molecule has 7 rings (SSSR count). The molecule has 5 aromatic carbocycles. The number of fused-ring (bicyclic) bond motifs is 3. The normalized spacial score (nSPS) is 12.1. The number of hydrogen-bond donors (Lipinski definition) is 0. The number of carbonyl (C=O) groups excluding carboxylic acids is 2. The van der Waals surface area contributed by atoms with Crippen LogP contribution in [-0.4, -0.2) is 33.5 Å². The minimum atomic E-state index is -5.09. The van der Waals surface area contributed by atoms with Crippen LogP contribution in [0.4, 0.5) is 26.3 Å². The number of ketones is 2. The number of halogens is 6. The maximum atomic E-state index is 13.4. The lowest BCUT2D eigenvalue weighted by molar-refractivity contribution is -0.0888. The van der Waals surface area contributed by atoms with Crippen LogP contribution in [0, 0.1) is 6.92 Å². The van der Waals surface area contributed by atoms with E-state index in [1.807, 2.05) is 54.6 Å². The molecule has 248 valence electrons. The zero-order valence-corrected chi connectivity index (χ0v) is 26.1. The zero-order chi connectivity index (χ0) is 35.4. The summed E-state index contributed by atoms with van der Waals surface area (Å²) in [5, 5.41) is 1.74. The summed E-state index contributed by atoms with van der Waals surface area (Å²) < 4.78 is 82.5. The van der Waals surface area contributed by atoms with Crippen molar-refractivity contribution < 1.29 is 35.9 Å². The van der Waals surface area contributed by atoms with Crippen molar-refractivity contribution in [1.82, 2.24) is 9.55 Å². The molecular weight excluding hydrogens is 654 g/mol. The van der Waals surface area contributed by atoms with Crippen molar-refractivity contribution in [2.75, 3.05) is 0 Å². The lowest BCUT2D eigenvalue weighted by Gasteiger charge is -2.17. The van der Waals surface area contributed by atoms with E-state index in [1.165, 1.54) is 12.1 Å². The maximum absolute atomic E-state index is 13.4. The van der Waals surface area contributed by atoms with Crippen LogP contribution in [0.25, 0.3) is 60.9 Å². The molecule has 0 fully saturated rings. The van der Waals surface area contributed by atoms with Crippen molar-refractivity contribution in [2.45, 2.75) is 19.3 Å². The minimum Gasteiger partial charge on any atom is -0.309 e. The molecule has 0 aliphatic heterocycles. The Morgan fingerprint density at radius 1 is 0.560 bits per heavy atom. The average molecular weight is 679 g/mol. The number of rotatable bonds is 6. The number of benzene rings is 5. The van der Waals surface area contributed by atoms with Crippen LogP contribution in [0.2, 0.25) is 0 Å². The van der Waals surface area contributed by atoms with Gasteiger partial charge in [0.1, 0.15) is 0 Å². The molecule has 0 radical (unpaired) electrons. The molecule has 0 bridgehead atoms. The maximum Gasteiger partial charge on any atom is 0.454 e. The summed E-state index contributed by atoms with van der Waals surface area (Å²) in [5.41, 5.74) is 4.99. The van der Waals surface area contributed by atoms with Gasteiger partial charge in [-0.2, -0.15) is 26.3 Å². The second kappa shape index (κ2) is 12.1. The molecule has 0 saturated carbocycles. The molecule has 0 spiro atoms. The van der Waals surface area contributed by atoms with Gasteiger partial charge >= 0.3 is 12.4 Å². The Labute approximate surface area is 281 Å². The van der Waals surface area contributed by atoms with E-state index in [9.17, 15) is 35.9 Å². The Morgan fingerprint density at radius 3 is 1.68 bits per heavy atom. The van der Waals surface area contributed by atoms with E-state index in [0.717, 1.165) is 51.8 Å². The molecule has 0 N–H and O–H groups in total. The van der Waals surface area contributed by atoms with Crippen LogP contribution in [0.15, 0.2) is 128 Å². The highest BCUT2D eigenvalue weighted by atomic mass is 19.4. The number of nitrogens with zero attached hydrogens (tertiary/aromatic N) is 2. The summed E-state index contributed by atoms with van der Waals surface area (Å²) in [6.45, 7) is 1.69. The zero-order valence-electron chi connectivity index (χ0n) is 26.1. The standard InChI is InChI=1S/C40H24F6N2O2/c1-23-31(25-7-5-9-27(17-25)37(49)39(41,42)43)20-29(21-32(23)26-8-6-10-28(18-26)38(50)40(44,45)46)24-13-14-35-33(19-24)34-22-47-16-15-36(34)48(35)30-11-3-2-4-12-30/h2-22H,1H3. The highest BCUT2D eigenvalue weighted by Crippen LogP contribution is 2.40. The van der Waals surface area contributed by atoms with Crippen molar-refractivity contribution in [1.29, 1.82) is 0 Å². The van der Waals surface area contributed by atoms with E-state index in [1.54, 1.807) is 43.6 Å². The van der Waals surface area contributed by atoms with Crippen LogP contribution in [0.1, 0.15) is 26.3 Å². The molecule has 7 aromatic rings. The van der Waals surface area contributed by atoms with Gasteiger partial charge in [0.25, 0.3) is 11.6 Å². The first-order chi connectivity index (χ1) is 23.8. The van der Waals surface area contributed by atoms with E-state index in [0.29, 0.717) is 38.9 Å². The van der Waals surface area contributed by atoms with Gasteiger partial charge in [-0.1, -0.05) is 60.7 Å². The van der Waals surface area contributed by atoms with Crippen LogP contribution in [0.3, 0.4) is 0 Å². The molecular formula is C40H24F6N2O2. The van der Waals surface area contributed by atoms with E-state index < -0.39 is 35.0 Å². The van der Waals surface area contributed by atoms with Crippen molar-refractivity contribution >= 4 is 33.4 Å². The van der Waals surface area contributed by atoms with E-state index in [-0.39, 0.29) is 0 Å². The first kappa shape index (κ1) is 32.5. The smallest absolute Gasteiger partial charge is 0.309 e. The van der Waals surface area contributed by atoms with Crippen LogP contribution in [-0.2, 0) is 0 Å². The Morgan fingerprint density at radius 2 is 1.12 bits per heavy atom. The number of para-hydroxylation sites is 1. The lowest BCUT2D eigenvalue weighted by Crippen LogP contribution is -2.22. The van der Waals surface area contributed by atoms with Crippen molar-refractivity contribution in [3.05, 3.63) is 144 Å². The molecule has 10 heteroatoms. The number of hydrogen-bond acceptors (Lipinski definition) is 3. The topological polar surface area (TPSA) is 52.0 Å². The average Bonchev–Trinajstić information content (AvgIpc) is 3.44. The summed E-state index contributed by atoms with van der Waals surface area (Å²) in [7, 11) is 0. The summed E-state index contributed by atoms with van der Waals surface area (Å²) in [5.74, 6) is -4.00. The van der Waals surface area contributed by atoms with Gasteiger partial charge in [-0.25, -0.2) is 0 Å². The molecule has 0 aliphatic carbocycles. The molecule has 50 heavy (non-hydrogen) atoms. The second-order valence-electron chi connectivity index (χ2n) is 11.8. The number of Topliss-reactive ketones (excluding diaryl/α,β-unsaturated/α-hetero) is 2. The van der Waals surface area contributed by atoms with Crippen LogP contribution >= 0.6 is 0 Å². The lowest BCUT2D eigenvalue weighted by atomic mass is 9.87. The molecule has 0 amide bonds. The Bertz CT molecular complexity index is 2370. The molecule has 0 saturated heterocycles. The van der Waals surface area contributed by atoms with Gasteiger partial charge in [0.05, 0.1) is 11.0 Å². The Hall–Kier alpha value is -6.03. The number of alkyl halides is 6. The molecule has 4 nitrogen and oxygen atoms in total. The van der Waals surface area contributed by atoms with E-state index in [4.69, 9.17) is 0 Å².